The van der Waals surface area contributed by atoms with E-state index in [-0.39, 0.29) is 6.04 Å². The normalized spacial score (nSPS) is 11.6. The Hall–Kier alpha value is -2.34. The Morgan fingerprint density at radius 3 is 2.56 bits per heavy atom. The van der Waals surface area contributed by atoms with Gasteiger partial charge in [-0.1, -0.05) is 24.3 Å². The zero-order valence-electron chi connectivity index (χ0n) is 10.5. The minimum atomic E-state index is -0.376. The molecular formula is C15H15N3. The molecular weight excluding hydrogens is 222 g/mol. The molecule has 0 saturated carbocycles. The number of nitriles is 1. The number of aryl methyl sites for hydroxylation is 2. The highest BCUT2D eigenvalue weighted by atomic mass is 14.9. The lowest BCUT2D eigenvalue weighted by Crippen LogP contribution is -2.09. The molecule has 0 aliphatic heterocycles. The van der Waals surface area contributed by atoms with Crippen molar-refractivity contribution < 1.29 is 0 Å². The summed E-state index contributed by atoms with van der Waals surface area (Å²) in [4.78, 5) is 4.22. The van der Waals surface area contributed by atoms with Crippen LogP contribution in [0.4, 0.5) is 5.69 Å². The number of hydrogen-bond donors (Lipinski definition) is 1. The number of rotatable bonds is 3. The van der Waals surface area contributed by atoms with Gasteiger partial charge in [-0.05, 0) is 31.5 Å². The molecule has 1 aromatic carbocycles. The molecule has 0 radical (unpaired) electrons. The second-order valence-electron chi connectivity index (χ2n) is 4.25. The van der Waals surface area contributed by atoms with Gasteiger partial charge in [0.15, 0.2) is 0 Å². The average molecular weight is 237 g/mol. The zero-order valence-corrected chi connectivity index (χ0v) is 10.5. The van der Waals surface area contributed by atoms with E-state index in [0.29, 0.717) is 0 Å². The van der Waals surface area contributed by atoms with Crippen LogP contribution in [0.25, 0.3) is 0 Å². The summed E-state index contributed by atoms with van der Waals surface area (Å²) in [5, 5.41) is 12.5. The summed E-state index contributed by atoms with van der Waals surface area (Å²) in [5.74, 6) is 0. The lowest BCUT2D eigenvalue weighted by atomic mass is 10.1. The number of nitrogens with zero attached hydrogens (tertiary/aromatic N) is 2. The summed E-state index contributed by atoms with van der Waals surface area (Å²) >= 11 is 0. The summed E-state index contributed by atoms with van der Waals surface area (Å²) in [6.07, 6.45) is 1.74. The van der Waals surface area contributed by atoms with Gasteiger partial charge < -0.3 is 5.32 Å². The van der Waals surface area contributed by atoms with Crippen LogP contribution in [0.3, 0.4) is 0 Å². The van der Waals surface area contributed by atoms with Crippen molar-refractivity contribution in [3.63, 3.8) is 0 Å². The van der Waals surface area contributed by atoms with Crippen LogP contribution >= 0.6 is 0 Å². The van der Waals surface area contributed by atoms with E-state index in [0.717, 1.165) is 22.5 Å². The first-order valence-electron chi connectivity index (χ1n) is 5.85. The van der Waals surface area contributed by atoms with E-state index in [9.17, 15) is 5.26 Å². The van der Waals surface area contributed by atoms with E-state index in [4.69, 9.17) is 0 Å². The molecule has 0 spiro atoms. The fraction of sp³-hybridized carbons (Fsp3) is 0.200. The molecule has 0 aliphatic carbocycles. The number of hydrogen-bond acceptors (Lipinski definition) is 3. The van der Waals surface area contributed by atoms with Gasteiger partial charge in [0.2, 0.25) is 0 Å². The Kier molecular flexibility index (Phi) is 3.59. The molecule has 1 heterocycles. The van der Waals surface area contributed by atoms with Gasteiger partial charge >= 0.3 is 0 Å². The second kappa shape index (κ2) is 5.33. The van der Waals surface area contributed by atoms with Crippen molar-refractivity contribution in [3.05, 3.63) is 59.4 Å². The van der Waals surface area contributed by atoms with Crippen LogP contribution in [0.2, 0.25) is 0 Å². The van der Waals surface area contributed by atoms with Crippen molar-refractivity contribution in [3.8, 4) is 6.07 Å². The van der Waals surface area contributed by atoms with E-state index in [1.54, 1.807) is 6.20 Å². The van der Waals surface area contributed by atoms with Gasteiger partial charge in [0.25, 0.3) is 0 Å². The number of aromatic nitrogens is 1. The fourth-order valence-electron chi connectivity index (χ4n) is 1.73. The highest BCUT2D eigenvalue weighted by Gasteiger charge is 2.11. The molecule has 0 amide bonds. The van der Waals surface area contributed by atoms with E-state index in [2.05, 4.69) is 16.4 Å². The van der Waals surface area contributed by atoms with Crippen molar-refractivity contribution in [1.29, 1.82) is 5.26 Å². The van der Waals surface area contributed by atoms with Gasteiger partial charge in [-0.25, -0.2) is 0 Å². The predicted octanol–water partition coefficient (Wildman–Crippen LogP) is 3.38. The molecule has 1 N–H and O–H groups in total. The number of pyridine rings is 1. The third-order valence-electron chi connectivity index (χ3n) is 2.84. The molecule has 0 fully saturated rings. The third-order valence-corrected chi connectivity index (χ3v) is 2.84. The van der Waals surface area contributed by atoms with Gasteiger partial charge in [-0.2, -0.15) is 5.26 Å². The van der Waals surface area contributed by atoms with Crippen LogP contribution in [0.1, 0.15) is 22.9 Å². The van der Waals surface area contributed by atoms with Crippen molar-refractivity contribution in [2.24, 2.45) is 0 Å². The maximum Gasteiger partial charge on any atom is 0.141 e. The maximum absolute atomic E-state index is 9.26. The Labute approximate surface area is 107 Å². The van der Waals surface area contributed by atoms with Crippen LogP contribution in [-0.2, 0) is 0 Å². The lowest BCUT2D eigenvalue weighted by molar-refractivity contribution is 0.971. The zero-order chi connectivity index (χ0) is 13.0. The van der Waals surface area contributed by atoms with Crippen LogP contribution in [0, 0.1) is 25.2 Å². The topological polar surface area (TPSA) is 48.7 Å². The van der Waals surface area contributed by atoms with E-state index in [1.165, 1.54) is 0 Å². The first-order chi connectivity index (χ1) is 8.70. The Balaban J connectivity index is 2.23. The smallest absolute Gasteiger partial charge is 0.141 e. The summed E-state index contributed by atoms with van der Waals surface area (Å²) < 4.78 is 0. The third kappa shape index (κ3) is 2.67. The highest BCUT2D eigenvalue weighted by Crippen LogP contribution is 2.21. The van der Waals surface area contributed by atoms with E-state index < -0.39 is 0 Å². The first-order valence-corrected chi connectivity index (χ1v) is 5.85. The van der Waals surface area contributed by atoms with Gasteiger partial charge in [0.05, 0.1) is 6.07 Å². The maximum atomic E-state index is 9.26. The predicted molar refractivity (Wildman–Crippen MR) is 72.1 cm³/mol. The van der Waals surface area contributed by atoms with Crippen LogP contribution in [0.15, 0.2) is 42.6 Å². The largest absolute Gasteiger partial charge is 0.366 e. The fourth-order valence-corrected chi connectivity index (χ4v) is 1.73. The van der Waals surface area contributed by atoms with Crippen molar-refractivity contribution >= 4 is 5.69 Å². The molecule has 18 heavy (non-hydrogen) atoms. The minimum Gasteiger partial charge on any atom is -0.366 e. The number of nitrogens with one attached hydrogen (secondary N) is 1. The quantitative estimate of drug-likeness (QED) is 0.890. The standard InChI is InChI=1S/C15H15N3/c1-11-5-3-4-6-14(11)18-15(9-16)13-8-7-12(2)17-10-13/h3-8,10,15,18H,1-2H3. The van der Waals surface area contributed by atoms with Crippen molar-refractivity contribution in [1.82, 2.24) is 4.98 Å². The minimum absolute atomic E-state index is 0.376. The highest BCUT2D eigenvalue weighted by molar-refractivity contribution is 5.53. The lowest BCUT2D eigenvalue weighted by Gasteiger charge is -2.14. The summed E-state index contributed by atoms with van der Waals surface area (Å²) in [6, 6.07) is 13.7. The van der Waals surface area contributed by atoms with Gasteiger partial charge in [-0.3, -0.25) is 4.98 Å². The van der Waals surface area contributed by atoms with E-state index in [1.807, 2.05) is 50.2 Å². The molecule has 3 heteroatoms. The Morgan fingerprint density at radius 1 is 1.17 bits per heavy atom. The van der Waals surface area contributed by atoms with Crippen LogP contribution in [0.5, 0.6) is 0 Å². The van der Waals surface area contributed by atoms with Crippen molar-refractivity contribution in [2.45, 2.75) is 19.9 Å². The molecule has 1 unspecified atom stereocenters. The molecule has 1 aromatic heterocycles. The first kappa shape index (κ1) is 12.1. The Bertz CT molecular complexity index is 567. The molecule has 3 nitrogen and oxygen atoms in total. The van der Waals surface area contributed by atoms with Crippen molar-refractivity contribution in [2.75, 3.05) is 5.32 Å². The van der Waals surface area contributed by atoms with Crippen LogP contribution in [-0.4, -0.2) is 4.98 Å². The molecule has 0 saturated heterocycles. The summed E-state index contributed by atoms with van der Waals surface area (Å²) in [6.45, 7) is 3.95. The molecule has 0 aliphatic rings. The summed E-state index contributed by atoms with van der Waals surface area (Å²) in [7, 11) is 0. The molecule has 2 aromatic rings. The molecule has 0 bridgehead atoms. The van der Waals surface area contributed by atoms with Crippen LogP contribution < -0.4 is 5.32 Å². The van der Waals surface area contributed by atoms with Gasteiger partial charge in [0, 0.05) is 23.1 Å². The number of para-hydroxylation sites is 1. The number of benzene rings is 1. The number of anilines is 1. The SMILES string of the molecule is Cc1ccc(C(C#N)Nc2ccccc2C)cn1. The molecule has 2 rings (SSSR count). The van der Waals surface area contributed by atoms with Gasteiger partial charge in [0.1, 0.15) is 6.04 Å². The molecule has 1 atom stereocenters. The molecule has 90 valence electrons. The average Bonchev–Trinajstić information content (AvgIpc) is 2.39. The summed E-state index contributed by atoms with van der Waals surface area (Å²) in [5.41, 5.74) is 3.93. The van der Waals surface area contributed by atoms with Gasteiger partial charge in [-0.15, -0.1) is 0 Å². The Morgan fingerprint density at radius 2 is 1.94 bits per heavy atom. The second-order valence-corrected chi connectivity index (χ2v) is 4.25. The monoisotopic (exact) mass is 237 g/mol. The van der Waals surface area contributed by atoms with E-state index >= 15 is 0 Å².